The first-order valence-corrected chi connectivity index (χ1v) is 9.29. The predicted molar refractivity (Wildman–Crippen MR) is 105 cm³/mol. The third kappa shape index (κ3) is 2.79. The molecule has 27 heavy (non-hydrogen) atoms. The highest BCUT2D eigenvalue weighted by atomic mass is 16.5. The van der Waals surface area contributed by atoms with Crippen molar-refractivity contribution < 1.29 is 4.74 Å². The van der Waals surface area contributed by atoms with Gasteiger partial charge in [-0.15, -0.1) is 0 Å². The molecule has 0 bridgehead atoms. The predicted octanol–water partition coefficient (Wildman–Crippen LogP) is 2.90. The van der Waals surface area contributed by atoms with Crippen LogP contribution in [0.1, 0.15) is 12.8 Å². The number of fused-ring (bicyclic) bond motifs is 2. The molecule has 1 fully saturated rings. The Kier molecular flexibility index (Phi) is 3.74. The SMILES string of the molecule is Cn1cc2c(N3CCC(Oc4cccc5c4ccn5C)CC3)ncnc2n1. The third-order valence-corrected chi connectivity index (χ3v) is 5.33. The second-order valence-electron chi connectivity index (χ2n) is 7.16. The molecule has 0 radical (unpaired) electrons. The van der Waals surface area contributed by atoms with Crippen LogP contribution in [-0.4, -0.2) is 43.5 Å². The maximum Gasteiger partial charge on any atom is 0.186 e. The van der Waals surface area contributed by atoms with Crippen molar-refractivity contribution >= 4 is 27.8 Å². The van der Waals surface area contributed by atoms with Crippen molar-refractivity contribution in [2.75, 3.05) is 18.0 Å². The molecule has 7 nitrogen and oxygen atoms in total. The fraction of sp³-hybridized carbons (Fsp3) is 0.350. The first-order valence-electron chi connectivity index (χ1n) is 9.29. The fourth-order valence-electron chi connectivity index (χ4n) is 3.93. The minimum absolute atomic E-state index is 0.221. The molecule has 4 aromatic rings. The molecule has 0 unspecified atom stereocenters. The van der Waals surface area contributed by atoms with Gasteiger partial charge >= 0.3 is 0 Å². The van der Waals surface area contributed by atoms with Crippen LogP contribution in [0.5, 0.6) is 5.75 Å². The van der Waals surface area contributed by atoms with E-state index in [0.29, 0.717) is 0 Å². The van der Waals surface area contributed by atoms with Crippen molar-refractivity contribution in [3.05, 3.63) is 43.0 Å². The summed E-state index contributed by atoms with van der Waals surface area (Å²) >= 11 is 0. The van der Waals surface area contributed by atoms with Gasteiger partial charge < -0.3 is 14.2 Å². The zero-order valence-corrected chi connectivity index (χ0v) is 15.5. The van der Waals surface area contributed by atoms with Crippen LogP contribution in [0.25, 0.3) is 21.9 Å². The summed E-state index contributed by atoms with van der Waals surface area (Å²) < 4.78 is 10.3. The van der Waals surface area contributed by atoms with Gasteiger partial charge in [0.15, 0.2) is 5.65 Å². The molecule has 3 aromatic heterocycles. The van der Waals surface area contributed by atoms with Gasteiger partial charge in [-0.1, -0.05) is 6.07 Å². The highest BCUT2D eigenvalue weighted by Crippen LogP contribution is 2.30. The van der Waals surface area contributed by atoms with Gasteiger partial charge in [0.2, 0.25) is 0 Å². The fourth-order valence-corrected chi connectivity index (χ4v) is 3.93. The Balaban J connectivity index is 1.32. The molecule has 0 spiro atoms. The van der Waals surface area contributed by atoms with Crippen LogP contribution in [0, 0.1) is 0 Å². The maximum atomic E-state index is 6.37. The first-order chi connectivity index (χ1) is 13.2. The lowest BCUT2D eigenvalue weighted by Crippen LogP contribution is -2.38. The molecule has 1 saturated heterocycles. The van der Waals surface area contributed by atoms with Gasteiger partial charge in [0.05, 0.1) is 10.9 Å². The highest BCUT2D eigenvalue weighted by Gasteiger charge is 2.24. The molecule has 1 aromatic carbocycles. The van der Waals surface area contributed by atoms with Crippen LogP contribution >= 0.6 is 0 Å². The van der Waals surface area contributed by atoms with Gasteiger partial charge in [0.1, 0.15) is 24.0 Å². The number of hydrogen-bond acceptors (Lipinski definition) is 5. The lowest BCUT2D eigenvalue weighted by molar-refractivity contribution is 0.173. The number of benzene rings is 1. The van der Waals surface area contributed by atoms with E-state index in [9.17, 15) is 0 Å². The highest BCUT2D eigenvalue weighted by molar-refractivity contribution is 5.87. The van der Waals surface area contributed by atoms with E-state index in [1.54, 1.807) is 11.0 Å². The summed E-state index contributed by atoms with van der Waals surface area (Å²) in [5, 5.41) is 6.57. The van der Waals surface area contributed by atoms with E-state index in [4.69, 9.17) is 4.74 Å². The van der Waals surface area contributed by atoms with Crippen molar-refractivity contribution in [3.8, 4) is 5.75 Å². The van der Waals surface area contributed by atoms with Crippen LogP contribution in [0.2, 0.25) is 0 Å². The van der Waals surface area contributed by atoms with Crippen molar-refractivity contribution in [1.82, 2.24) is 24.3 Å². The zero-order valence-electron chi connectivity index (χ0n) is 15.5. The number of ether oxygens (including phenoxy) is 1. The summed E-state index contributed by atoms with van der Waals surface area (Å²) in [5.74, 6) is 1.94. The van der Waals surface area contributed by atoms with Gasteiger partial charge in [0, 0.05) is 57.8 Å². The van der Waals surface area contributed by atoms with Crippen LogP contribution in [0.15, 0.2) is 43.0 Å². The van der Waals surface area contributed by atoms with Crippen molar-refractivity contribution in [3.63, 3.8) is 0 Å². The number of aryl methyl sites for hydroxylation is 2. The summed E-state index contributed by atoms with van der Waals surface area (Å²) in [4.78, 5) is 11.1. The van der Waals surface area contributed by atoms with E-state index in [0.717, 1.165) is 48.5 Å². The molecule has 1 aliphatic rings. The van der Waals surface area contributed by atoms with E-state index in [1.807, 2.05) is 13.2 Å². The first kappa shape index (κ1) is 16.1. The molecule has 5 rings (SSSR count). The molecular formula is C20H22N6O. The molecular weight excluding hydrogens is 340 g/mol. The normalized spacial score (nSPS) is 15.7. The van der Waals surface area contributed by atoms with Crippen molar-refractivity contribution in [1.29, 1.82) is 0 Å². The van der Waals surface area contributed by atoms with Crippen LogP contribution in [-0.2, 0) is 14.1 Å². The molecule has 0 aliphatic carbocycles. The van der Waals surface area contributed by atoms with E-state index in [1.165, 1.54) is 10.9 Å². The second-order valence-corrected chi connectivity index (χ2v) is 7.16. The van der Waals surface area contributed by atoms with E-state index >= 15 is 0 Å². The van der Waals surface area contributed by atoms with Crippen LogP contribution < -0.4 is 9.64 Å². The van der Waals surface area contributed by atoms with E-state index < -0.39 is 0 Å². The van der Waals surface area contributed by atoms with E-state index in [2.05, 4.69) is 62.0 Å². The Labute approximate surface area is 157 Å². The number of nitrogens with zero attached hydrogens (tertiary/aromatic N) is 6. The molecule has 0 atom stereocenters. The van der Waals surface area contributed by atoms with Crippen LogP contribution in [0.4, 0.5) is 5.82 Å². The second kappa shape index (κ2) is 6.26. The lowest BCUT2D eigenvalue weighted by atomic mass is 10.1. The molecule has 0 amide bonds. The smallest absolute Gasteiger partial charge is 0.186 e. The average molecular weight is 362 g/mol. The quantitative estimate of drug-likeness (QED) is 0.561. The Morgan fingerprint density at radius 1 is 1.04 bits per heavy atom. The third-order valence-electron chi connectivity index (χ3n) is 5.33. The molecule has 138 valence electrons. The number of rotatable bonds is 3. The number of aromatic nitrogens is 5. The zero-order chi connectivity index (χ0) is 18.4. The molecule has 0 N–H and O–H groups in total. The molecule has 1 aliphatic heterocycles. The van der Waals surface area contributed by atoms with Gasteiger partial charge in [-0.2, -0.15) is 5.10 Å². The summed E-state index contributed by atoms with van der Waals surface area (Å²) in [6, 6.07) is 8.38. The summed E-state index contributed by atoms with van der Waals surface area (Å²) in [5.41, 5.74) is 1.95. The van der Waals surface area contributed by atoms with Gasteiger partial charge in [-0.05, 0) is 18.2 Å². The Morgan fingerprint density at radius 2 is 1.89 bits per heavy atom. The van der Waals surface area contributed by atoms with E-state index in [-0.39, 0.29) is 6.10 Å². The largest absolute Gasteiger partial charge is 0.490 e. The number of piperidine rings is 1. The number of hydrogen-bond donors (Lipinski definition) is 0. The summed E-state index contributed by atoms with van der Waals surface area (Å²) in [7, 11) is 3.97. The maximum absolute atomic E-state index is 6.37. The monoisotopic (exact) mass is 362 g/mol. The minimum atomic E-state index is 0.221. The Hall–Kier alpha value is -3.09. The van der Waals surface area contributed by atoms with Gasteiger partial charge in [-0.3, -0.25) is 4.68 Å². The van der Waals surface area contributed by atoms with Crippen molar-refractivity contribution in [2.24, 2.45) is 14.1 Å². The molecule has 7 heteroatoms. The topological polar surface area (TPSA) is 61.0 Å². The Bertz CT molecular complexity index is 1110. The lowest BCUT2D eigenvalue weighted by Gasteiger charge is -2.33. The number of anilines is 1. The van der Waals surface area contributed by atoms with Gasteiger partial charge in [0.25, 0.3) is 0 Å². The summed E-state index contributed by atoms with van der Waals surface area (Å²) in [6.45, 7) is 1.83. The Morgan fingerprint density at radius 3 is 2.74 bits per heavy atom. The van der Waals surface area contributed by atoms with Crippen molar-refractivity contribution in [2.45, 2.75) is 18.9 Å². The average Bonchev–Trinajstić information content (AvgIpc) is 3.25. The van der Waals surface area contributed by atoms with Crippen LogP contribution in [0.3, 0.4) is 0 Å². The van der Waals surface area contributed by atoms with Gasteiger partial charge in [-0.25, -0.2) is 9.97 Å². The molecule has 0 saturated carbocycles. The minimum Gasteiger partial charge on any atom is -0.490 e. The molecule has 4 heterocycles. The summed E-state index contributed by atoms with van der Waals surface area (Å²) in [6.07, 6.45) is 7.82. The standard InChI is InChI=1S/C20H22N6O/c1-24-9-8-15-17(24)4-3-5-18(15)27-14-6-10-26(11-7-14)20-16-12-25(2)23-19(16)21-13-22-20/h3-5,8-9,12-14H,6-7,10-11H2,1-2H3.